The number of carbonyl (C=O) groups excluding carboxylic acids is 1. The van der Waals surface area contributed by atoms with Crippen LogP contribution in [0.15, 0.2) is 0 Å². The van der Waals surface area contributed by atoms with Crippen LogP contribution < -0.4 is 10.6 Å². The molecule has 1 atom stereocenters. The molecule has 1 amide bonds. The van der Waals surface area contributed by atoms with Crippen LogP contribution in [-0.2, 0) is 4.79 Å². The van der Waals surface area contributed by atoms with E-state index < -0.39 is 0 Å². The summed E-state index contributed by atoms with van der Waals surface area (Å²) in [5, 5.41) is 5.88. The predicted octanol–water partition coefficient (Wildman–Crippen LogP) is -0.236. The van der Waals surface area contributed by atoms with Gasteiger partial charge in [0.15, 0.2) is 0 Å². The second-order valence-electron chi connectivity index (χ2n) is 3.34. The summed E-state index contributed by atoms with van der Waals surface area (Å²) < 4.78 is 0. The molecule has 0 aromatic heterocycles. The van der Waals surface area contributed by atoms with Crippen molar-refractivity contribution >= 4 is 18.3 Å². The molecule has 1 saturated heterocycles. The molecule has 2 rings (SSSR count). The highest BCUT2D eigenvalue weighted by Gasteiger charge is 2.61. The van der Waals surface area contributed by atoms with E-state index >= 15 is 0 Å². The van der Waals surface area contributed by atoms with E-state index in [1.807, 2.05) is 0 Å². The van der Waals surface area contributed by atoms with Gasteiger partial charge in [0.2, 0.25) is 5.91 Å². The molecule has 1 saturated carbocycles. The third kappa shape index (κ3) is 1.12. The van der Waals surface area contributed by atoms with Crippen molar-refractivity contribution in [2.75, 3.05) is 20.1 Å². The zero-order valence-electron chi connectivity index (χ0n) is 6.52. The van der Waals surface area contributed by atoms with Gasteiger partial charge in [0.25, 0.3) is 0 Å². The number of hydrogen-bond acceptors (Lipinski definition) is 2. The average molecular weight is 177 g/mol. The highest BCUT2D eigenvalue weighted by molar-refractivity contribution is 5.85. The Balaban J connectivity index is 0.000000605. The first-order chi connectivity index (χ1) is 4.78. The van der Waals surface area contributed by atoms with E-state index in [0.717, 1.165) is 19.5 Å². The molecule has 3 nitrogen and oxygen atoms in total. The van der Waals surface area contributed by atoms with Crippen molar-refractivity contribution in [1.82, 2.24) is 10.6 Å². The van der Waals surface area contributed by atoms with Crippen molar-refractivity contribution in [1.29, 1.82) is 0 Å². The number of halogens is 1. The Kier molecular flexibility index (Phi) is 2.12. The summed E-state index contributed by atoms with van der Waals surface area (Å²) in [5.41, 5.74) is 0.389. The highest BCUT2D eigenvalue weighted by atomic mass is 35.5. The lowest BCUT2D eigenvalue weighted by molar-refractivity contribution is -0.122. The van der Waals surface area contributed by atoms with E-state index in [1.54, 1.807) is 7.05 Å². The third-order valence-electron chi connectivity index (χ3n) is 2.71. The fourth-order valence-electron chi connectivity index (χ4n) is 1.73. The van der Waals surface area contributed by atoms with Crippen LogP contribution in [0.2, 0.25) is 0 Å². The summed E-state index contributed by atoms with van der Waals surface area (Å²) in [6.07, 6.45) is 1.10. The molecule has 1 aliphatic carbocycles. The molecule has 4 heteroatoms. The van der Waals surface area contributed by atoms with Gasteiger partial charge in [-0.05, 0) is 6.42 Å². The normalized spacial score (nSPS) is 30.1. The molecule has 2 fully saturated rings. The van der Waals surface area contributed by atoms with Crippen LogP contribution in [0.1, 0.15) is 6.42 Å². The highest BCUT2D eigenvalue weighted by Crippen LogP contribution is 2.55. The summed E-state index contributed by atoms with van der Waals surface area (Å²) in [7, 11) is 1.71. The molecular weight excluding hydrogens is 164 g/mol. The maximum Gasteiger partial charge on any atom is 0.223 e. The Labute approximate surface area is 72.3 Å². The quantitative estimate of drug-likeness (QED) is 0.579. The molecule has 1 aliphatic heterocycles. The van der Waals surface area contributed by atoms with E-state index in [4.69, 9.17) is 0 Å². The van der Waals surface area contributed by atoms with Crippen LogP contribution >= 0.6 is 12.4 Å². The topological polar surface area (TPSA) is 41.1 Å². The summed E-state index contributed by atoms with van der Waals surface area (Å²) >= 11 is 0. The minimum absolute atomic E-state index is 0. The van der Waals surface area contributed by atoms with E-state index in [1.165, 1.54) is 0 Å². The summed E-state index contributed by atoms with van der Waals surface area (Å²) in [4.78, 5) is 11.0. The number of rotatable bonds is 1. The second-order valence-corrected chi connectivity index (χ2v) is 3.34. The van der Waals surface area contributed by atoms with Gasteiger partial charge in [0, 0.05) is 31.5 Å². The number of hydrogen-bond donors (Lipinski definition) is 2. The van der Waals surface area contributed by atoms with Crippen molar-refractivity contribution in [2.24, 2.45) is 11.3 Å². The first-order valence-corrected chi connectivity index (χ1v) is 3.71. The van der Waals surface area contributed by atoms with Gasteiger partial charge in [-0.25, -0.2) is 0 Å². The largest absolute Gasteiger partial charge is 0.359 e. The second kappa shape index (κ2) is 2.64. The molecule has 0 aromatic carbocycles. The molecule has 1 unspecified atom stereocenters. The van der Waals surface area contributed by atoms with Gasteiger partial charge in [0.05, 0.1) is 0 Å². The molecule has 0 bridgehead atoms. The van der Waals surface area contributed by atoms with Crippen LogP contribution in [0.5, 0.6) is 0 Å². The molecule has 64 valence electrons. The number of amides is 1. The van der Waals surface area contributed by atoms with Crippen LogP contribution in [-0.4, -0.2) is 26.0 Å². The summed E-state index contributed by atoms with van der Waals surface area (Å²) in [6.45, 7) is 2.09. The maximum atomic E-state index is 11.0. The molecule has 11 heavy (non-hydrogen) atoms. The lowest BCUT2D eigenvalue weighted by Crippen LogP contribution is -2.46. The molecule has 1 heterocycles. The Bertz CT molecular complexity index is 179. The minimum atomic E-state index is 0. The molecule has 2 N–H and O–H groups in total. The Morgan fingerprint density at radius 3 is 2.55 bits per heavy atom. The van der Waals surface area contributed by atoms with Crippen molar-refractivity contribution in [3.8, 4) is 0 Å². The first-order valence-electron chi connectivity index (χ1n) is 3.71. The SMILES string of the molecule is CNC(=O)C1CC12CNC2.Cl. The average Bonchev–Trinajstić information content (AvgIpc) is 2.59. The first kappa shape index (κ1) is 8.81. The fraction of sp³-hybridized carbons (Fsp3) is 0.857. The zero-order valence-corrected chi connectivity index (χ0v) is 7.33. The van der Waals surface area contributed by atoms with Crippen molar-refractivity contribution in [2.45, 2.75) is 6.42 Å². The van der Waals surface area contributed by atoms with Crippen LogP contribution in [0, 0.1) is 11.3 Å². The van der Waals surface area contributed by atoms with Gasteiger partial charge in [-0.2, -0.15) is 0 Å². The van der Waals surface area contributed by atoms with Crippen molar-refractivity contribution < 1.29 is 4.79 Å². The van der Waals surface area contributed by atoms with E-state index in [-0.39, 0.29) is 18.3 Å². The number of carbonyl (C=O) groups is 1. The lowest BCUT2D eigenvalue weighted by Gasteiger charge is -2.27. The van der Waals surface area contributed by atoms with Crippen molar-refractivity contribution in [3.05, 3.63) is 0 Å². The number of nitrogens with one attached hydrogen (secondary N) is 2. The summed E-state index contributed by atoms with van der Waals surface area (Å²) in [6, 6.07) is 0. The van der Waals surface area contributed by atoms with Crippen LogP contribution in [0.25, 0.3) is 0 Å². The van der Waals surface area contributed by atoms with E-state index in [2.05, 4.69) is 10.6 Å². The lowest BCUT2D eigenvalue weighted by atomic mass is 9.96. The van der Waals surface area contributed by atoms with Crippen molar-refractivity contribution in [3.63, 3.8) is 0 Å². The molecule has 0 radical (unpaired) electrons. The molecule has 0 aromatic rings. The maximum absolute atomic E-state index is 11.0. The monoisotopic (exact) mass is 176 g/mol. The Morgan fingerprint density at radius 1 is 1.64 bits per heavy atom. The fourth-order valence-corrected chi connectivity index (χ4v) is 1.73. The molecule has 2 aliphatic rings. The van der Waals surface area contributed by atoms with Gasteiger partial charge >= 0.3 is 0 Å². The van der Waals surface area contributed by atoms with Gasteiger partial charge in [-0.15, -0.1) is 12.4 Å². The van der Waals surface area contributed by atoms with Gasteiger partial charge in [0.1, 0.15) is 0 Å². The third-order valence-corrected chi connectivity index (χ3v) is 2.71. The van der Waals surface area contributed by atoms with Gasteiger partial charge in [-0.3, -0.25) is 4.79 Å². The van der Waals surface area contributed by atoms with Crippen LogP contribution in [0.4, 0.5) is 0 Å². The standard InChI is InChI=1S/C7H12N2O.ClH/c1-8-6(10)5-2-7(5)3-9-4-7;/h5,9H,2-4H2,1H3,(H,8,10);1H. The van der Waals surface area contributed by atoms with Crippen LogP contribution in [0.3, 0.4) is 0 Å². The molecule has 1 spiro atoms. The van der Waals surface area contributed by atoms with Gasteiger partial charge in [-0.1, -0.05) is 0 Å². The minimum Gasteiger partial charge on any atom is -0.359 e. The smallest absolute Gasteiger partial charge is 0.223 e. The summed E-state index contributed by atoms with van der Waals surface area (Å²) in [5.74, 6) is 0.542. The predicted molar refractivity (Wildman–Crippen MR) is 44.7 cm³/mol. The zero-order chi connectivity index (χ0) is 7.19. The van der Waals surface area contributed by atoms with Gasteiger partial charge < -0.3 is 10.6 Å². The van der Waals surface area contributed by atoms with E-state index in [0.29, 0.717) is 11.3 Å². The molecular formula is C7H13ClN2O. The Hall–Kier alpha value is -0.280. The Morgan fingerprint density at radius 2 is 2.27 bits per heavy atom. The van der Waals surface area contributed by atoms with E-state index in [9.17, 15) is 4.79 Å².